The smallest absolute Gasteiger partial charge is 0.186 e. The zero-order valence-corrected chi connectivity index (χ0v) is 7.17. The highest BCUT2D eigenvalue weighted by Crippen LogP contribution is 1.92. The van der Waals surface area contributed by atoms with Gasteiger partial charge >= 0.3 is 0 Å². The molecule has 0 bridgehead atoms. The van der Waals surface area contributed by atoms with Crippen LogP contribution in [-0.4, -0.2) is 30.2 Å². The molecule has 0 saturated carbocycles. The molecule has 0 aliphatic heterocycles. The van der Waals surface area contributed by atoms with E-state index in [4.69, 9.17) is 9.84 Å². The van der Waals surface area contributed by atoms with Crippen LogP contribution in [-0.2, 0) is 9.53 Å². The summed E-state index contributed by atoms with van der Waals surface area (Å²) in [6, 6.07) is 0. The molecule has 1 unspecified atom stereocenters. The number of carbonyl (C=O) groups excluding carboxylic acids is 1. The van der Waals surface area contributed by atoms with Crippen LogP contribution in [0.5, 0.6) is 0 Å². The van der Waals surface area contributed by atoms with Crippen LogP contribution in [0.1, 0.15) is 26.7 Å². The SMILES string of the molecule is CCCOCC(=O)C(O)CC. The number of aliphatic hydroxyl groups is 1. The fourth-order valence-electron chi connectivity index (χ4n) is 0.641. The normalized spacial score (nSPS) is 13.0. The Kier molecular flexibility index (Phi) is 6.07. The molecule has 0 aromatic heterocycles. The average molecular weight is 160 g/mol. The van der Waals surface area contributed by atoms with Gasteiger partial charge in [-0.2, -0.15) is 0 Å². The van der Waals surface area contributed by atoms with E-state index in [-0.39, 0.29) is 12.4 Å². The van der Waals surface area contributed by atoms with Gasteiger partial charge in [0.15, 0.2) is 5.78 Å². The monoisotopic (exact) mass is 160 g/mol. The Morgan fingerprint density at radius 1 is 1.55 bits per heavy atom. The molecular weight excluding hydrogens is 144 g/mol. The van der Waals surface area contributed by atoms with E-state index >= 15 is 0 Å². The fourth-order valence-corrected chi connectivity index (χ4v) is 0.641. The van der Waals surface area contributed by atoms with Gasteiger partial charge in [-0.3, -0.25) is 4.79 Å². The second-order valence-electron chi connectivity index (χ2n) is 2.44. The van der Waals surface area contributed by atoms with Gasteiger partial charge in [-0.05, 0) is 12.8 Å². The van der Waals surface area contributed by atoms with Crippen LogP contribution in [0.4, 0.5) is 0 Å². The molecule has 3 nitrogen and oxygen atoms in total. The van der Waals surface area contributed by atoms with E-state index in [1.165, 1.54) is 0 Å². The number of ketones is 1. The minimum atomic E-state index is -0.841. The maximum Gasteiger partial charge on any atom is 0.186 e. The maximum atomic E-state index is 10.9. The summed E-state index contributed by atoms with van der Waals surface area (Å²) in [6.45, 7) is 4.37. The van der Waals surface area contributed by atoms with Crippen molar-refractivity contribution >= 4 is 5.78 Å². The summed E-state index contributed by atoms with van der Waals surface area (Å²) >= 11 is 0. The van der Waals surface area contributed by atoms with E-state index in [9.17, 15) is 4.79 Å². The van der Waals surface area contributed by atoms with Crippen molar-refractivity contribution in [2.24, 2.45) is 0 Å². The standard InChI is InChI=1S/C8H16O3/c1-3-5-11-6-8(10)7(9)4-2/h7,9H,3-6H2,1-2H3. The van der Waals surface area contributed by atoms with Crippen LogP contribution in [0.15, 0.2) is 0 Å². The van der Waals surface area contributed by atoms with Gasteiger partial charge in [0.2, 0.25) is 0 Å². The fraction of sp³-hybridized carbons (Fsp3) is 0.875. The third-order valence-corrected chi connectivity index (χ3v) is 1.35. The summed E-state index contributed by atoms with van der Waals surface area (Å²) in [5, 5.41) is 9.00. The van der Waals surface area contributed by atoms with E-state index in [0.29, 0.717) is 13.0 Å². The molecule has 0 aliphatic carbocycles. The van der Waals surface area contributed by atoms with Crippen LogP contribution in [0, 0.1) is 0 Å². The van der Waals surface area contributed by atoms with Gasteiger partial charge in [0.1, 0.15) is 12.7 Å². The third kappa shape index (κ3) is 4.93. The lowest BCUT2D eigenvalue weighted by Crippen LogP contribution is -2.24. The number of hydrogen-bond acceptors (Lipinski definition) is 3. The van der Waals surface area contributed by atoms with Gasteiger partial charge in [-0.1, -0.05) is 13.8 Å². The van der Waals surface area contributed by atoms with Gasteiger partial charge in [0.25, 0.3) is 0 Å². The molecule has 0 saturated heterocycles. The van der Waals surface area contributed by atoms with Crippen LogP contribution >= 0.6 is 0 Å². The van der Waals surface area contributed by atoms with E-state index < -0.39 is 6.10 Å². The summed E-state index contributed by atoms with van der Waals surface area (Å²) in [6.07, 6.45) is 0.524. The molecule has 0 heterocycles. The molecule has 0 aliphatic rings. The van der Waals surface area contributed by atoms with Crippen molar-refractivity contribution in [3.8, 4) is 0 Å². The Morgan fingerprint density at radius 3 is 2.64 bits per heavy atom. The number of aliphatic hydroxyl groups excluding tert-OH is 1. The molecule has 11 heavy (non-hydrogen) atoms. The lowest BCUT2D eigenvalue weighted by molar-refractivity contribution is -0.131. The number of hydrogen-bond donors (Lipinski definition) is 1. The highest BCUT2D eigenvalue weighted by molar-refractivity contribution is 5.83. The van der Waals surface area contributed by atoms with Gasteiger partial charge < -0.3 is 9.84 Å². The Balaban J connectivity index is 3.36. The zero-order chi connectivity index (χ0) is 8.69. The lowest BCUT2D eigenvalue weighted by Gasteiger charge is -2.05. The summed E-state index contributed by atoms with van der Waals surface area (Å²) in [5.41, 5.74) is 0. The minimum Gasteiger partial charge on any atom is -0.385 e. The van der Waals surface area contributed by atoms with E-state index in [2.05, 4.69) is 0 Å². The second-order valence-corrected chi connectivity index (χ2v) is 2.44. The Bertz CT molecular complexity index is 112. The Labute approximate surface area is 67.4 Å². The van der Waals surface area contributed by atoms with Crippen LogP contribution in [0.2, 0.25) is 0 Å². The summed E-state index contributed by atoms with van der Waals surface area (Å²) in [7, 11) is 0. The molecule has 0 rings (SSSR count). The van der Waals surface area contributed by atoms with Crippen LogP contribution < -0.4 is 0 Å². The molecule has 1 atom stereocenters. The first-order valence-corrected chi connectivity index (χ1v) is 4.00. The predicted octanol–water partition coefficient (Wildman–Crippen LogP) is 0.753. The molecule has 0 amide bonds. The maximum absolute atomic E-state index is 10.9. The van der Waals surface area contributed by atoms with Crippen molar-refractivity contribution in [3.63, 3.8) is 0 Å². The molecule has 3 heteroatoms. The molecule has 0 aromatic carbocycles. The highest BCUT2D eigenvalue weighted by Gasteiger charge is 2.11. The quantitative estimate of drug-likeness (QED) is 0.583. The Morgan fingerprint density at radius 2 is 2.18 bits per heavy atom. The second kappa shape index (κ2) is 6.31. The van der Waals surface area contributed by atoms with Crippen molar-refractivity contribution in [3.05, 3.63) is 0 Å². The highest BCUT2D eigenvalue weighted by atomic mass is 16.5. The van der Waals surface area contributed by atoms with Crippen LogP contribution in [0.3, 0.4) is 0 Å². The van der Waals surface area contributed by atoms with Gasteiger partial charge in [-0.25, -0.2) is 0 Å². The first-order valence-electron chi connectivity index (χ1n) is 4.00. The molecule has 0 spiro atoms. The van der Waals surface area contributed by atoms with Crippen molar-refractivity contribution < 1.29 is 14.6 Å². The van der Waals surface area contributed by atoms with E-state index in [1.807, 2.05) is 6.92 Å². The number of carbonyl (C=O) groups is 1. The zero-order valence-electron chi connectivity index (χ0n) is 7.17. The molecule has 0 radical (unpaired) electrons. The summed E-state index contributed by atoms with van der Waals surface area (Å²) < 4.78 is 4.96. The van der Waals surface area contributed by atoms with Gasteiger partial charge in [0.05, 0.1) is 0 Å². The van der Waals surface area contributed by atoms with Crippen molar-refractivity contribution in [1.29, 1.82) is 0 Å². The van der Waals surface area contributed by atoms with Crippen molar-refractivity contribution in [1.82, 2.24) is 0 Å². The summed E-state index contributed by atoms with van der Waals surface area (Å²) in [5.74, 6) is -0.221. The van der Waals surface area contributed by atoms with Gasteiger partial charge in [0, 0.05) is 6.61 Å². The molecule has 0 fully saturated rings. The number of rotatable bonds is 6. The van der Waals surface area contributed by atoms with Gasteiger partial charge in [-0.15, -0.1) is 0 Å². The average Bonchev–Trinajstić information content (AvgIpc) is 2.03. The first kappa shape index (κ1) is 10.6. The minimum absolute atomic E-state index is 0.0445. The Hall–Kier alpha value is -0.410. The van der Waals surface area contributed by atoms with Crippen molar-refractivity contribution in [2.75, 3.05) is 13.2 Å². The van der Waals surface area contributed by atoms with Crippen molar-refractivity contribution in [2.45, 2.75) is 32.8 Å². The molecular formula is C8H16O3. The third-order valence-electron chi connectivity index (χ3n) is 1.35. The van der Waals surface area contributed by atoms with E-state index in [1.54, 1.807) is 6.92 Å². The molecule has 0 aromatic rings. The first-order chi connectivity index (χ1) is 5.22. The van der Waals surface area contributed by atoms with E-state index in [0.717, 1.165) is 6.42 Å². The number of ether oxygens (including phenoxy) is 1. The molecule has 1 N–H and O–H groups in total. The van der Waals surface area contributed by atoms with Crippen LogP contribution in [0.25, 0.3) is 0 Å². The molecule has 66 valence electrons. The predicted molar refractivity (Wildman–Crippen MR) is 42.4 cm³/mol. The lowest BCUT2D eigenvalue weighted by atomic mass is 10.2. The number of Topliss-reactive ketones (excluding diaryl/α,β-unsaturated/α-hetero) is 1. The topological polar surface area (TPSA) is 46.5 Å². The summed E-state index contributed by atoms with van der Waals surface area (Å²) in [4.78, 5) is 10.9. The largest absolute Gasteiger partial charge is 0.385 e.